The zero-order valence-corrected chi connectivity index (χ0v) is 8.91. The molecule has 2 aromatic rings. The van der Waals surface area contributed by atoms with Gasteiger partial charge in [-0.3, -0.25) is 9.78 Å². The van der Waals surface area contributed by atoms with Crippen molar-refractivity contribution in [3.05, 3.63) is 35.5 Å². The second-order valence-electron chi connectivity index (χ2n) is 2.82. The van der Waals surface area contributed by atoms with Gasteiger partial charge < -0.3 is 5.32 Å². The molecule has 0 bridgehead atoms. The minimum Gasteiger partial charge on any atom is -0.354 e. The van der Waals surface area contributed by atoms with Gasteiger partial charge in [0.05, 0.1) is 11.9 Å². The van der Waals surface area contributed by atoms with Crippen LogP contribution in [0, 0.1) is 0 Å². The smallest absolute Gasteiger partial charge is 0.262 e. The Kier molecular flexibility index (Phi) is 2.73. The molecule has 0 aliphatic heterocycles. The highest BCUT2D eigenvalue weighted by molar-refractivity contribution is 7.16. The van der Waals surface area contributed by atoms with Crippen LogP contribution >= 0.6 is 11.3 Å². The van der Waals surface area contributed by atoms with Gasteiger partial charge in [-0.2, -0.15) is 0 Å². The molecule has 5 heteroatoms. The van der Waals surface area contributed by atoms with Crippen LogP contribution in [-0.4, -0.2) is 22.9 Å². The van der Waals surface area contributed by atoms with Crippen molar-refractivity contribution in [1.82, 2.24) is 15.3 Å². The van der Waals surface area contributed by atoms with Crippen LogP contribution in [0.15, 0.2) is 30.6 Å². The first kappa shape index (κ1) is 9.79. The number of carbonyl (C=O) groups excluding carboxylic acids is 1. The average Bonchev–Trinajstić information content (AvgIpc) is 2.78. The van der Waals surface area contributed by atoms with Gasteiger partial charge in [-0.05, 0) is 12.1 Å². The molecule has 4 nitrogen and oxygen atoms in total. The monoisotopic (exact) mass is 219 g/mol. The summed E-state index contributed by atoms with van der Waals surface area (Å²) in [5, 5.41) is 3.32. The molecule has 0 aliphatic rings. The molecule has 0 spiro atoms. The summed E-state index contributed by atoms with van der Waals surface area (Å²) >= 11 is 1.33. The number of pyridine rings is 1. The number of amides is 1. The number of thiazole rings is 1. The Morgan fingerprint density at radius 3 is 2.93 bits per heavy atom. The van der Waals surface area contributed by atoms with Crippen molar-refractivity contribution in [2.75, 3.05) is 7.05 Å². The van der Waals surface area contributed by atoms with Crippen LogP contribution in [0.3, 0.4) is 0 Å². The molecule has 0 radical (unpaired) electrons. The first-order valence-corrected chi connectivity index (χ1v) is 5.22. The second kappa shape index (κ2) is 4.18. The van der Waals surface area contributed by atoms with Crippen molar-refractivity contribution in [1.29, 1.82) is 0 Å². The van der Waals surface area contributed by atoms with E-state index in [1.54, 1.807) is 19.4 Å². The summed E-state index contributed by atoms with van der Waals surface area (Å²) in [6.45, 7) is 0. The average molecular weight is 219 g/mol. The molecule has 2 rings (SSSR count). The molecule has 2 heterocycles. The predicted molar refractivity (Wildman–Crippen MR) is 58.7 cm³/mol. The Morgan fingerprint density at radius 1 is 1.40 bits per heavy atom. The van der Waals surface area contributed by atoms with Crippen molar-refractivity contribution in [2.45, 2.75) is 0 Å². The first-order valence-electron chi connectivity index (χ1n) is 4.40. The van der Waals surface area contributed by atoms with Crippen LogP contribution in [-0.2, 0) is 0 Å². The second-order valence-corrected chi connectivity index (χ2v) is 3.85. The third-order valence-electron chi connectivity index (χ3n) is 1.84. The summed E-state index contributed by atoms with van der Waals surface area (Å²) in [6.07, 6.45) is 3.27. The summed E-state index contributed by atoms with van der Waals surface area (Å²) in [5.41, 5.74) is 0.789. The number of carbonyl (C=O) groups is 1. The standard InChI is InChI=1S/C10H9N3OS/c1-11-9(14)8-6-13-10(15-8)7-4-2-3-5-12-7/h2-6H,1H3,(H,11,14). The zero-order chi connectivity index (χ0) is 10.7. The molecule has 0 aliphatic carbocycles. The fourth-order valence-corrected chi connectivity index (χ4v) is 1.95. The lowest BCUT2D eigenvalue weighted by molar-refractivity contribution is 0.0967. The summed E-state index contributed by atoms with van der Waals surface area (Å²) in [5.74, 6) is -0.116. The van der Waals surface area contributed by atoms with E-state index < -0.39 is 0 Å². The van der Waals surface area contributed by atoms with E-state index in [1.807, 2.05) is 18.2 Å². The maximum atomic E-state index is 11.3. The Hall–Kier alpha value is -1.75. The van der Waals surface area contributed by atoms with E-state index in [9.17, 15) is 4.79 Å². The molecular formula is C10H9N3OS. The molecule has 0 saturated carbocycles. The largest absolute Gasteiger partial charge is 0.354 e. The molecular weight excluding hydrogens is 210 g/mol. The van der Waals surface area contributed by atoms with Crippen molar-refractivity contribution in [2.24, 2.45) is 0 Å². The van der Waals surface area contributed by atoms with Gasteiger partial charge in [0, 0.05) is 13.2 Å². The number of hydrogen-bond donors (Lipinski definition) is 1. The minimum absolute atomic E-state index is 0.116. The van der Waals surface area contributed by atoms with Crippen molar-refractivity contribution >= 4 is 17.2 Å². The Labute approximate surface area is 91.0 Å². The highest BCUT2D eigenvalue weighted by Gasteiger charge is 2.10. The maximum absolute atomic E-state index is 11.3. The SMILES string of the molecule is CNC(=O)c1cnc(-c2ccccn2)s1. The van der Waals surface area contributed by atoms with Gasteiger partial charge in [0.1, 0.15) is 9.88 Å². The van der Waals surface area contributed by atoms with Crippen LogP contribution in [0.1, 0.15) is 9.67 Å². The lowest BCUT2D eigenvalue weighted by Gasteiger charge is -1.93. The Bertz CT molecular complexity index is 467. The highest BCUT2D eigenvalue weighted by atomic mass is 32.1. The Balaban J connectivity index is 2.32. The van der Waals surface area contributed by atoms with E-state index >= 15 is 0 Å². The van der Waals surface area contributed by atoms with Gasteiger partial charge >= 0.3 is 0 Å². The van der Waals surface area contributed by atoms with Crippen molar-refractivity contribution in [3.63, 3.8) is 0 Å². The van der Waals surface area contributed by atoms with Crippen molar-refractivity contribution < 1.29 is 4.79 Å². The van der Waals surface area contributed by atoms with E-state index in [-0.39, 0.29) is 5.91 Å². The molecule has 1 N–H and O–H groups in total. The zero-order valence-electron chi connectivity index (χ0n) is 8.10. The fourth-order valence-electron chi connectivity index (χ4n) is 1.11. The number of hydrogen-bond acceptors (Lipinski definition) is 4. The van der Waals surface area contributed by atoms with E-state index in [2.05, 4.69) is 15.3 Å². The molecule has 76 valence electrons. The van der Waals surface area contributed by atoms with Gasteiger partial charge in [-0.15, -0.1) is 11.3 Å². The van der Waals surface area contributed by atoms with E-state index in [4.69, 9.17) is 0 Å². The maximum Gasteiger partial charge on any atom is 0.262 e. The van der Waals surface area contributed by atoms with Crippen LogP contribution < -0.4 is 5.32 Å². The fraction of sp³-hybridized carbons (Fsp3) is 0.100. The Morgan fingerprint density at radius 2 is 2.27 bits per heavy atom. The molecule has 1 amide bonds. The van der Waals surface area contributed by atoms with Gasteiger partial charge in [-0.25, -0.2) is 4.98 Å². The normalized spacial score (nSPS) is 9.93. The molecule has 0 aromatic carbocycles. The van der Waals surface area contributed by atoms with E-state index in [0.717, 1.165) is 10.7 Å². The van der Waals surface area contributed by atoms with Crippen LogP contribution in [0.5, 0.6) is 0 Å². The molecule has 0 saturated heterocycles. The quantitative estimate of drug-likeness (QED) is 0.834. The molecule has 2 aromatic heterocycles. The molecule has 0 atom stereocenters. The number of aromatic nitrogens is 2. The first-order chi connectivity index (χ1) is 7.31. The summed E-state index contributed by atoms with van der Waals surface area (Å²) in [4.78, 5) is 20.2. The minimum atomic E-state index is -0.116. The topological polar surface area (TPSA) is 54.9 Å². The van der Waals surface area contributed by atoms with Crippen LogP contribution in [0.4, 0.5) is 0 Å². The third-order valence-corrected chi connectivity index (χ3v) is 2.86. The predicted octanol–water partition coefficient (Wildman–Crippen LogP) is 1.56. The lowest BCUT2D eigenvalue weighted by Crippen LogP contribution is -2.16. The van der Waals surface area contributed by atoms with E-state index in [1.165, 1.54) is 11.3 Å². The summed E-state index contributed by atoms with van der Waals surface area (Å²) in [7, 11) is 1.60. The number of nitrogens with zero attached hydrogens (tertiary/aromatic N) is 2. The molecule has 0 fully saturated rings. The van der Waals surface area contributed by atoms with E-state index in [0.29, 0.717) is 4.88 Å². The van der Waals surface area contributed by atoms with Gasteiger partial charge in [0.15, 0.2) is 0 Å². The summed E-state index contributed by atoms with van der Waals surface area (Å²) in [6, 6.07) is 5.60. The summed E-state index contributed by atoms with van der Waals surface area (Å²) < 4.78 is 0. The highest BCUT2D eigenvalue weighted by Crippen LogP contribution is 2.22. The van der Waals surface area contributed by atoms with Crippen molar-refractivity contribution in [3.8, 4) is 10.7 Å². The number of rotatable bonds is 2. The number of nitrogens with one attached hydrogen (secondary N) is 1. The third kappa shape index (κ3) is 2.02. The molecule has 0 unspecified atom stereocenters. The van der Waals surface area contributed by atoms with Gasteiger partial charge in [-0.1, -0.05) is 6.07 Å². The van der Waals surface area contributed by atoms with Crippen LogP contribution in [0.2, 0.25) is 0 Å². The van der Waals surface area contributed by atoms with Gasteiger partial charge in [0.2, 0.25) is 0 Å². The molecule has 15 heavy (non-hydrogen) atoms. The van der Waals surface area contributed by atoms with Crippen LogP contribution in [0.25, 0.3) is 10.7 Å². The van der Waals surface area contributed by atoms with Gasteiger partial charge in [0.25, 0.3) is 5.91 Å². The lowest BCUT2D eigenvalue weighted by atomic mass is 10.4.